The Balaban J connectivity index is 1.97. The van der Waals surface area contributed by atoms with Gasteiger partial charge in [0.05, 0.1) is 11.9 Å². The molecule has 1 aliphatic carbocycles. The molecule has 0 N–H and O–H groups in total. The predicted octanol–water partition coefficient (Wildman–Crippen LogP) is 3.28. The smallest absolute Gasteiger partial charge is 0.197 e. The number of aryl methyl sites for hydroxylation is 2. The molecule has 1 saturated carbocycles. The zero-order chi connectivity index (χ0) is 13.2. The van der Waals surface area contributed by atoms with Gasteiger partial charge in [0.2, 0.25) is 0 Å². The molecule has 0 amide bonds. The molecule has 4 heteroatoms. The van der Waals surface area contributed by atoms with Crippen LogP contribution in [0.1, 0.15) is 50.5 Å². The highest BCUT2D eigenvalue weighted by atomic mass is 15.2. The van der Waals surface area contributed by atoms with Crippen molar-refractivity contribution in [2.24, 2.45) is 5.92 Å². The van der Waals surface area contributed by atoms with Crippen molar-refractivity contribution in [3.8, 4) is 0 Å². The summed E-state index contributed by atoms with van der Waals surface area (Å²) in [5.74, 6) is 1.92. The third-order valence-electron chi connectivity index (χ3n) is 4.14. The Kier molecular flexibility index (Phi) is 3.49. The lowest BCUT2D eigenvalue weighted by Gasteiger charge is -2.22. The summed E-state index contributed by atoms with van der Waals surface area (Å²) >= 11 is 0. The van der Waals surface area contributed by atoms with Crippen molar-refractivity contribution >= 4 is 11.3 Å². The number of imidazole rings is 1. The Morgan fingerprint density at radius 1 is 1.21 bits per heavy atom. The van der Waals surface area contributed by atoms with Gasteiger partial charge in [0.1, 0.15) is 5.82 Å². The van der Waals surface area contributed by atoms with Gasteiger partial charge in [-0.3, -0.25) is 0 Å². The number of hydrogen-bond acceptors (Lipinski definition) is 3. The van der Waals surface area contributed by atoms with Crippen LogP contribution in [0.2, 0.25) is 0 Å². The molecule has 2 aromatic heterocycles. The van der Waals surface area contributed by atoms with Gasteiger partial charge >= 0.3 is 0 Å². The predicted molar refractivity (Wildman–Crippen MR) is 76.0 cm³/mol. The fourth-order valence-electron chi connectivity index (χ4n) is 3.11. The van der Waals surface area contributed by atoms with E-state index in [9.17, 15) is 0 Å². The van der Waals surface area contributed by atoms with Gasteiger partial charge in [-0.2, -0.15) is 0 Å². The van der Waals surface area contributed by atoms with E-state index < -0.39 is 0 Å². The summed E-state index contributed by atoms with van der Waals surface area (Å²) in [7, 11) is 0. The van der Waals surface area contributed by atoms with Gasteiger partial charge in [-0.25, -0.2) is 15.0 Å². The van der Waals surface area contributed by atoms with Crippen molar-refractivity contribution in [2.75, 3.05) is 0 Å². The lowest BCUT2D eigenvalue weighted by atomic mass is 9.89. The lowest BCUT2D eigenvalue weighted by Crippen LogP contribution is -2.16. The number of aromatic nitrogens is 4. The third kappa shape index (κ3) is 2.48. The molecule has 19 heavy (non-hydrogen) atoms. The maximum absolute atomic E-state index is 4.65. The maximum Gasteiger partial charge on any atom is 0.197 e. The van der Waals surface area contributed by atoms with Crippen LogP contribution in [-0.4, -0.2) is 19.5 Å². The summed E-state index contributed by atoms with van der Waals surface area (Å²) < 4.78 is 2.31. The van der Waals surface area contributed by atoms with Gasteiger partial charge < -0.3 is 4.57 Å². The van der Waals surface area contributed by atoms with Crippen LogP contribution in [0.15, 0.2) is 6.20 Å². The Morgan fingerprint density at radius 3 is 2.74 bits per heavy atom. The van der Waals surface area contributed by atoms with E-state index in [1.165, 1.54) is 32.1 Å². The molecule has 2 aromatic rings. The summed E-state index contributed by atoms with van der Waals surface area (Å²) in [6.45, 7) is 5.22. The second-order valence-electron chi connectivity index (χ2n) is 5.65. The fourth-order valence-corrected chi connectivity index (χ4v) is 3.11. The number of nitrogens with zero attached hydrogens (tertiary/aromatic N) is 4. The monoisotopic (exact) mass is 258 g/mol. The van der Waals surface area contributed by atoms with Gasteiger partial charge in [-0.15, -0.1) is 0 Å². The zero-order valence-corrected chi connectivity index (χ0v) is 11.9. The van der Waals surface area contributed by atoms with E-state index in [0.29, 0.717) is 0 Å². The minimum absolute atomic E-state index is 0.791. The van der Waals surface area contributed by atoms with Crippen molar-refractivity contribution < 1.29 is 0 Å². The summed E-state index contributed by atoms with van der Waals surface area (Å²) in [5.41, 5.74) is 2.75. The number of rotatable bonds is 3. The quantitative estimate of drug-likeness (QED) is 0.848. The van der Waals surface area contributed by atoms with E-state index in [2.05, 4.69) is 26.4 Å². The largest absolute Gasteiger partial charge is 0.311 e. The molecular formula is C15H22N4. The molecule has 1 aliphatic rings. The van der Waals surface area contributed by atoms with E-state index in [0.717, 1.165) is 41.7 Å². The van der Waals surface area contributed by atoms with Crippen LogP contribution in [0, 0.1) is 12.8 Å². The molecule has 102 valence electrons. The summed E-state index contributed by atoms with van der Waals surface area (Å²) in [5, 5.41) is 0. The van der Waals surface area contributed by atoms with Crippen molar-refractivity contribution in [2.45, 2.75) is 58.9 Å². The maximum atomic E-state index is 4.65. The highest BCUT2D eigenvalue weighted by Crippen LogP contribution is 2.26. The number of fused-ring (bicyclic) bond motifs is 1. The van der Waals surface area contributed by atoms with E-state index in [1.807, 2.05) is 6.92 Å². The first-order valence-electron chi connectivity index (χ1n) is 7.46. The van der Waals surface area contributed by atoms with Crippen LogP contribution in [-0.2, 0) is 13.0 Å². The average Bonchev–Trinajstić information content (AvgIpc) is 2.78. The standard InChI is InChI=1S/C15H22N4/c1-3-13-18-14-15(17-11(2)9-16-14)19(13)10-12-7-5-4-6-8-12/h9,12H,3-8,10H2,1-2H3. The van der Waals surface area contributed by atoms with Crippen LogP contribution in [0.3, 0.4) is 0 Å². The SMILES string of the molecule is CCc1nc2ncc(C)nc2n1CC1CCCCC1. The molecule has 1 fully saturated rings. The topological polar surface area (TPSA) is 43.6 Å². The molecule has 0 atom stereocenters. The third-order valence-corrected chi connectivity index (χ3v) is 4.14. The van der Waals surface area contributed by atoms with Crippen LogP contribution >= 0.6 is 0 Å². The van der Waals surface area contributed by atoms with Gasteiger partial charge in [-0.1, -0.05) is 26.2 Å². The molecule has 0 aromatic carbocycles. The van der Waals surface area contributed by atoms with E-state index >= 15 is 0 Å². The lowest BCUT2D eigenvalue weighted by molar-refractivity contribution is 0.318. The molecule has 0 bridgehead atoms. The van der Waals surface area contributed by atoms with Crippen molar-refractivity contribution in [3.63, 3.8) is 0 Å². The Labute approximate surface area is 114 Å². The first kappa shape index (κ1) is 12.6. The molecule has 0 aliphatic heterocycles. The van der Waals surface area contributed by atoms with Crippen molar-refractivity contribution in [1.29, 1.82) is 0 Å². The van der Waals surface area contributed by atoms with Crippen molar-refractivity contribution in [3.05, 3.63) is 17.7 Å². The van der Waals surface area contributed by atoms with E-state index in [4.69, 9.17) is 0 Å². The molecule has 0 saturated heterocycles. The first-order chi connectivity index (χ1) is 9.28. The highest BCUT2D eigenvalue weighted by Gasteiger charge is 2.18. The summed E-state index contributed by atoms with van der Waals surface area (Å²) in [6.07, 6.45) is 9.61. The summed E-state index contributed by atoms with van der Waals surface area (Å²) in [4.78, 5) is 13.7. The molecule has 0 radical (unpaired) electrons. The van der Waals surface area contributed by atoms with Crippen LogP contribution in [0.25, 0.3) is 11.3 Å². The minimum Gasteiger partial charge on any atom is -0.311 e. The second-order valence-corrected chi connectivity index (χ2v) is 5.65. The Hall–Kier alpha value is -1.45. The van der Waals surface area contributed by atoms with Crippen LogP contribution in [0.5, 0.6) is 0 Å². The van der Waals surface area contributed by atoms with Gasteiger partial charge in [0, 0.05) is 13.0 Å². The van der Waals surface area contributed by atoms with E-state index in [1.54, 1.807) is 6.20 Å². The molecular weight excluding hydrogens is 236 g/mol. The van der Waals surface area contributed by atoms with Crippen LogP contribution in [0.4, 0.5) is 0 Å². The average molecular weight is 258 g/mol. The second kappa shape index (κ2) is 5.27. The normalized spacial score (nSPS) is 17.2. The van der Waals surface area contributed by atoms with Crippen molar-refractivity contribution in [1.82, 2.24) is 19.5 Å². The van der Waals surface area contributed by atoms with Crippen LogP contribution < -0.4 is 0 Å². The fraction of sp³-hybridized carbons (Fsp3) is 0.667. The van der Waals surface area contributed by atoms with E-state index in [-0.39, 0.29) is 0 Å². The zero-order valence-electron chi connectivity index (χ0n) is 11.9. The molecule has 2 heterocycles. The number of hydrogen-bond donors (Lipinski definition) is 0. The van der Waals surface area contributed by atoms with Gasteiger partial charge in [0.25, 0.3) is 0 Å². The van der Waals surface area contributed by atoms with Gasteiger partial charge in [-0.05, 0) is 25.7 Å². The molecule has 0 unspecified atom stereocenters. The summed E-state index contributed by atoms with van der Waals surface area (Å²) in [6, 6.07) is 0. The minimum atomic E-state index is 0.791. The molecule has 3 rings (SSSR count). The molecule has 0 spiro atoms. The first-order valence-corrected chi connectivity index (χ1v) is 7.46. The highest BCUT2D eigenvalue weighted by molar-refractivity contribution is 5.66. The molecule has 4 nitrogen and oxygen atoms in total. The Bertz CT molecular complexity index is 567. The Morgan fingerprint density at radius 2 is 2.00 bits per heavy atom. The van der Waals surface area contributed by atoms with Gasteiger partial charge in [0.15, 0.2) is 11.3 Å².